The summed E-state index contributed by atoms with van der Waals surface area (Å²) in [7, 11) is 0. The number of hydrogen-bond donors (Lipinski definition) is 0. The van der Waals surface area contributed by atoms with Crippen molar-refractivity contribution < 1.29 is 0 Å². The standard InChI is InChI=1S/C14H12BrN3O/c1-2-17-7-6-14(19)18-13(17)9-12(16-18)10-4-3-5-11(15)8-10/h3-9H,2H2,1H3. The highest BCUT2D eigenvalue weighted by Gasteiger charge is 2.08. The van der Waals surface area contributed by atoms with Gasteiger partial charge in [-0.25, -0.2) is 0 Å². The molecule has 0 aliphatic carbocycles. The van der Waals surface area contributed by atoms with E-state index < -0.39 is 0 Å². The summed E-state index contributed by atoms with van der Waals surface area (Å²) in [4.78, 5) is 11.8. The maximum absolute atomic E-state index is 11.8. The Kier molecular flexibility index (Phi) is 2.98. The van der Waals surface area contributed by atoms with Crippen LogP contribution in [-0.2, 0) is 6.54 Å². The van der Waals surface area contributed by atoms with Crippen molar-refractivity contribution in [2.75, 3.05) is 0 Å². The largest absolute Gasteiger partial charge is 0.333 e. The second kappa shape index (κ2) is 4.66. The van der Waals surface area contributed by atoms with E-state index >= 15 is 0 Å². The third kappa shape index (κ3) is 2.10. The van der Waals surface area contributed by atoms with Gasteiger partial charge in [0.15, 0.2) is 0 Å². The van der Waals surface area contributed by atoms with Crippen molar-refractivity contribution in [3.8, 4) is 11.3 Å². The van der Waals surface area contributed by atoms with E-state index in [0.717, 1.165) is 27.9 Å². The molecule has 0 unspecified atom stereocenters. The molecular weight excluding hydrogens is 306 g/mol. The van der Waals surface area contributed by atoms with E-state index in [4.69, 9.17) is 0 Å². The summed E-state index contributed by atoms with van der Waals surface area (Å²) in [5.74, 6) is 0. The highest BCUT2D eigenvalue weighted by atomic mass is 79.9. The Balaban J connectivity index is 2.27. The first-order chi connectivity index (χ1) is 9.19. The minimum Gasteiger partial charge on any atom is -0.333 e. The Bertz CT molecular complexity index is 804. The summed E-state index contributed by atoms with van der Waals surface area (Å²) < 4.78 is 4.43. The summed E-state index contributed by atoms with van der Waals surface area (Å²) in [6.45, 7) is 2.84. The molecule has 96 valence electrons. The molecule has 0 amide bonds. The molecule has 4 nitrogen and oxygen atoms in total. The zero-order valence-corrected chi connectivity index (χ0v) is 12.0. The monoisotopic (exact) mass is 317 g/mol. The minimum atomic E-state index is -0.110. The normalized spacial score (nSPS) is 11.1. The van der Waals surface area contributed by atoms with Crippen LogP contribution in [0.25, 0.3) is 16.9 Å². The molecule has 5 heteroatoms. The van der Waals surface area contributed by atoms with E-state index in [9.17, 15) is 4.79 Å². The van der Waals surface area contributed by atoms with Gasteiger partial charge in [0.1, 0.15) is 5.65 Å². The molecule has 3 rings (SSSR count). The van der Waals surface area contributed by atoms with E-state index in [0.29, 0.717) is 0 Å². The van der Waals surface area contributed by atoms with Gasteiger partial charge in [-0.15, -0.1) is 0 Å². The van der Waals surface area contributed by atoms with Gasteiger partial charge in [-0.05, 0) is 19.1 Å². The van der Waals surface area contributed by atoms with Gasteiger partial charge in [0.25, 0.3) is 5.56 Å². The summed E-state index contributed by atoms with van der Waals surface area (Å²) >= 11 is 3.44. The smallest absolute Gasteiger partial charge is 0.274 e. The number of aryl methyl sites for hydroxylation is 1. The molecule has 0 aliphatic heterocycles. The number of benzene rings is 1. The first-order valence-corrected chi connectivity index (χ1v) is 6.83. The van der Waals surface area contributed by atoms with Gasteiger partial charge in [0, 0.05) is 34.9 Å². The van der Waals surface area contributed by atoms with Crippen molar-refractivity contribution in [1.82, 2.24) is 14.2 Å². The molecule has 0 saturated carbocycles. The van der Waals surface area contributed by atoms with Gasteiger partial charge in [-0.3, -0.25) is 4.79 Å². The quantitative estimate of drug-likeness (QED) is 0.729. The molecule has 2 aromatic heterocycles. The summed E-state index contributed by atoms with van der Waals surface area (Å²) in [5.41, 5.74) is 2.48. The van der Waals surface area contributed by atoms with Crippen molar-refractivity contribution >= 4 is 21.6 Å². The Morgan fingerprint density at radius 2 is 2.11 bits per heavy atom. The highest BCUT2D eigenvalue weighted by Crippen LogP contribution is 2.22. The van der Waals surface area contributed by atoms with Crippen LogP contribution >= 0.6 is 15.9 Å². The Labute approximate surface area is 118 Å². The van der Waals surface area contributed by atoms with E-state index in [2.05, 4.69) is 21.0 Å². The van der Waals surface area contributed by atoms with E-state index in [1.54, 1.807) is 6.20 Å². The number of fused-ring (bicyclic) bond motifs is 1. The van der Waals surface area contributed by atoms with Crippen LogP contribution in [0.2, 0.25) is 0 Å². The predicted molar refractivity (Wildman–Crippen MR) is 78.3 cm³/mol. The van der Waals surface area contributed by atoms with Gasteiger partial charge in [-0.1, -0.05) is 28.1 Å². The molecule has 3 aromatic rings. The SMILES string of the molecule is CCn1ccc(=O)n2nc(-c3cccc(Br)c3)cc12. The Morgan fingerprint density at radius 1 is 1.26 bits per heavy atom. The van der Waals surface area contributed by atoms with Crippen molar-refractivity contribution in [2.45, 2.75) is 13.5 Å². The number of hydrogen-bond acceptors (Lipinski definition) is 2. The Morgan fingerprint density at radius 3 is 2.84 bits per heavy atom. The third-order valence-electron chi connectivity index (χ3n) is 3.05. The lowest BCUT2D eigenvalue weighted by atomic mass is 10.2. The molecule has 2 heterocycles. The second-order valence-electron chi connectivity index (χ2n) is 4.25. The van der Waals surface area contributed by atoms with Crippen LogP contribution in [0.4, 0.5) is 0 Å². The zero-order chi connectivity index (χ0) is 13.4. The lowest BCUT2D eigenvalue weighted by molar-refractivity contribution is 0.739. The maximum atomic E-state index is 11.8. The summed E-state index contributed by atoms with van der Waals surface area (Å²) in [6, 6.07) is 11.4. The van der Waals surface area contributed by atoms with E-state index in [1.165, 1.54) is 10.6 Å². The molecule has 0 N–H and O–H groups in total. The van der Waals surface area contributed by atoms with E-state index in [-0.39, 0.29) is 5.56 Å². The van der Waals surface area contributed by atoms with Crippen LogP contribution < -0.4 is 5.56 Å². The molecule has 0 atom stereocenters. The molecular formula is C14H12BrN3O. The number of nitrogens with zero attached hydrogens (tertiary/aromatic N) is 3. The fourth-order valence-corrected chi connectivity index (χ4v) is 2.49. The van der Waals surface area contributed by atoms with Gasteiger partial charge in [0.05, 0.1) is 5.69 Å². The number of halogens is 1. The average molecular weight is 318 g/mol. The molecule has 19 heavy (non-hydrogen) atoms. The lowest BCUT2D eigenvalue weighted by Crippen LogP contribution is -2.16. The van der Waals surface area contributed by atoms with Crippen LogP contribution in [0.3, 0.4) is 0 Å². The zero-order valence-electron chi connectivity index (χ0n) is 10.4. The molecule has 0 fully saturated rings. The van der Waals surface area contributed by atoms with Crippen LogP contribution in [0.1, 0.15) is 6.92 Å². The van der Waals surface area contributed by atoms with E-state index in [1.807, 2.05) is 41.8 Å². The topological polar surface area (TPSA) is 39.3 Å². The number of aromatic nitrogens is 3. The first-order valence-electron chi connectivity index (χ1n) is 6.04. The summed E-state index contributed by atoms with van der Waals surface area (Å²) in [5, 5.41) is 4.39. The summed E-state index contributed by atoms with van der Waals surface area (Å²) in [6.07, 6.45) is 1.80. The average Bonchev–Trinajstić information content (AvgIpc) is 2.85. The number of rotatable bonds is 2. The van der Waals surface area contributed by atoms with Gasteiger partial charge < -0.3 is 4.57 Å². The van der Waals surface area contributed by atoms with Crippen molar-refractivity contribution in [3.63, 3.8) is 0 Å². The maximum Gasteiger partial charge on any atom is 0.274 e. The minimum absolute atomic E-state index is 0.110. The van der Waals surface area contributed by atoms with Crippen LogP contribution in [-0.4, -0.2) is 14.2 Å². The van der Waals surface area contributed by atoms with Crippen LogP contribution in [0.5, 0.6) is 0 Å². The third-order valence-corrected chi connectivity index (χ3v) is 3.54. The Hall–Kier alpha value is -1.88. The van der Waals surface area contributed by atoms with Crippen molar-refractivity contribution in [3.05, 3.63) is 57.4 Å². The van der Waals surface area contributed by atoms with Crippen LogP contribution in [0.15, 0.2) is 51.9 Å². The predicted octanol–water partition coefficient (Wildman–Crippen LogP) is 2.95. The van der Waals surface area contributed by atoms with Gasteiger partial charge in [-0.2, -0.15) is 9.61 Å². The highest BCUT2D eigenvalue weighted by molar-refractivity contribution is 9.10. The van der Waals surface area contributed by atoms with Crippen molar-refractivity contribution in [2.24, 2.45) is 0 Å². The van der Waals surface area contributed by atoms with Gasteiger partial charge >= 0.3 is 0 Å². The fourth-order valence-electron chi connectivity index (χ4n) is 2.09. The molecule has 0 spiro atoms. The first kappa shape index (κ1) is 12.2. The van der Waals surface area contributed by atoms with Crippen molar-refractivity contribution in [1.29, 1.82) is 0 Å². The molecule has 0 bridgehead atoms. The molecule has 0 radical (unpaired) electrons. The molecule has 1 aromatic carbocycles. The molecule has 0 aliphatic rings. The van der Waals surface area contributed by atoms with Crippen LogP contribution in [0, 0.1) is 0 Å². The van der Waals surface area contributed by atoms with Gasteiger partial charge in [0.2, 0.25) is 0 Å². The lowest BCUT2D eigenvalue weighted by Gasteiger charge is -2.02. The second-order valence-corrected chi connectivity index (χ2v) is 5.17. The molecule has 0 saturated heterocycles. The fraction of sp³-hybridized carbons (Fsp3) is 0.143.